The lowest BCUT2D eigenvalue weighted by atomic mass is 10.0. The highest BCUT2D eigenvalue weighted by molar-refractivity contribution is 4.54. The van der Waals surface area contributed by atoms with E-state index in [2.05, 4.69) is 19.2 Å². The maximum atomic E-state index is 3.17. The summed E-state index contributed by atoms with van der Waals surface area (Å²) in [6.45, 7) is 9.66. The van der Waals surface area contributed by atoms with Crippen LogP contribution in [0.25, 0.3) is 0 Å². The van der Waals surface area contributed by atoms with Gasteiger partial charge in [-0.25, -0.2) is 0 Å². The molecule has 0 aromatic carbocycles. The van der Waals surface area contributed by atoms with Gasteiger partial charge in [0.15, 0.2) is 0 Å². The summed E-state index contributed by atoms with van der Waals surface area (Å²) in [5.41, 5.74) is 0. The van der Waals surface area contributed by atoms with Gasteiger partial charge in [0.05, 0.1) is 0 Å². The highest BCUT2D eigenvalue weighted by Gasteiger charge is 1.98. The van der Waals surface area contributed by atoms with Crippen molar-refractivity contribution in [3.05, 3.63) is 0 Å². The molecule has 0 atom stereocenters. The number of nitrogens with one attached hydrogen (secondary N) is 1. The normalized spacial score (nSPS) is 9.00. The topological polar surface area (TPSA) is 12.0 Å². The predicted molar refractivity (Wildman–Crippen MR) is 49.3 cm³/mol. The van der Waals surface area contributed by atoms with E-state index >= 15 is 0 Å². The fraction of sp³-hybridized carbons (Fsp3) is 1.00. The summed E-state index contributed by atoms with van der Waals surface area (Å²) in [4.78, 5) is 0. The minimum absolute atomic E-state index is 0.889. The van der Waals surface area contributed by atoms with Crippen LogP contribution in [-0.2, 0) is 0 Å². The summed E-state index contributed by atoms with van der Waals surface area (Å²) < 4.78 is 0. The van der Waals surface area contributed by atoms with Crippen molar-refractivity contribution in [1.29, 1.82) is 0 Å². The molecule has 0 radical (unpaired) electrons. The molecule has 0 aliphatic rings. The smallest absolute Gasteiger partial charge is 0.00237 e. The third-order valence-corrected chi connectivity index (χ3v) is 1.65. The van der Waals surface area contributed by atoms with Crippen molar-refractivity contribution < 1.29 is 0 Å². The summed E-state index contributed by atoms with van der Waals surface area (Å²) in [6, 6.07) is 0. The van der Waals surface area contributed by atoms with Crippen LogP contribution in [0.1, 0.15) is 40.5 Å². The lowest BCUT2D eigenvalue weighted by Gasteiger charge is -2.09. The summed E-state index contributed by atoms with van der Waals surface area (Å²) in [7, 11) is 2.01. The molecule has 0 spiro atoms. The van der Waals surface area contributed by atoms with E-state index in [-0.39, 0.29) is 0 Å². The van der Waals surface area contributed by atoms with E-state index < -0.39 is 0 Å². The second-order valence-electron chi connectivity index (χ2n) is 2.24. The molecular weight excluding hydrogens is 122 g/mol. The second-order valence-corrected chi connectivity index (χ2v) is 2.24. The van der Waals surface area contributed by atoms with E-state index in [4.69, 9.17) is 0 Å². The molecule has 0 fully saturated rings. The first-order valence-corrected chi connectivity index (χ1v) is 4.49. The van der Waals surface area contributed by atoms with Crippen LogP contribution in [0.15, 0.2) is 0 Å². The van der Waals surface area contributed by atoms with Crippen molar-refractivity contribution in [2.45, 2.75) is 40.5 Å². The zero-order valence-electron chi connectivity index (χ0n) is 8.20. The standard InChI is InChI=1S/C7H17N.C2H6/c1-4-7(5-2)6-8-3;1-2/h7-8H,4-6H2,1-3H3;1-2H3. The van der Waals surface area contributed by atoms with Crippen LogP contribution in [0.2, 0.25) is 0 Å². The number of rotatable bonds is 4. The molecule has 0 saturated carbocycles. The zero-order valence-corrected chi connectivity index (χ0v) is 8.20. The molecule has 64 valence electrons. The SMILES string of the molecule is CC.CCC(CC)CNC. The van der Waals surface area contributed by atoms with Crippen molar-refractivity contribution in [3.63, 3.8) is 0 Å². The van der Waals surface area contributed by atoms with Crippen LogP contribution in [0, 0.1) is 5.92 Å². The molecule has 1 nitrogen and oxygen atoms in total. The second kappa shape index (κ2) is 11.7. The Labute approximate surface area is 66.2 Å². The molecule has 0 amide bonds. The van der Waals surface area contributed by atoms with Crippen molar-refractivity contribution in [1.82, 2.24) is 5.32 Å². The highest BCUT2D eigenvalue weighted by atomic mass is 14.8. The van der Waals surface area contributed by atoms with Gasteiger partial charge < -0.3 is 5.32 Å². The fourth-order valence-corrected chi connectivity index (χ4v) is 0.866. The minimum Gasteiger partial charge on any atom is -0.319 e. The lowest BCUT2D eigenvalue weighted by molar-refractivity contribution is 0.469. The molecule has 0 aromatic heterocycles. The molecule has 0 saturated heterocycles. The Morgan fingerprint density at radius 1 is 1.10 bits per heavy atom. The molecule has 0 aliphatic heterocycles. The van der Waals surface area contributed by atoms with Gasteiger partial charge in [-0.2, -0.15) is 0 Å². The Hall–Kier alpha value is -0.0400. The Balaban J connectivity index is 0. The highest BCUT2D eigenvalue weighted by Crippen LogP contribution is 2.03. The van der Waals surface area contributed by atoms with Gasteiger partial charge in [0.1, 0.15) is 0 Å². The van der Waals surface area contributed by atoms with E-state index in [1.807, 2.05) is 20.9 Å². The van der Waals surface area contributed by atoms with Gasteiger partial charge in [-0.05, 0) is 19.5 Å². The van der Waals surface area contributed by atoms with Gasteiger partial charge in [-0.15, -0.1) is 0 Å². The summed E-state index contributed by atoms with van der Waals surface area (Å²) in [5.74, 6) is 0.889. The van der Waals surface area contributed by atoms with E-state index in [9.17, 15) is 0 Å². The molecule has 0 rings (SSSR count). The Kier molecular flexibility index (Phi) is 14.8. The van der Waals surface area contributed by atoms with Crippen molar-refractivity contribution in [3.8, 4) is 0 Å². The van der Waals surface area contributed by atoms with E-state index in [0.717, 1.165) is 5.92 Å². The molecular formula is C9H23N. The average molecular weight is 145 g/mol. The van der Waals surface area contributed by atoms with Gasteiger partial charge in [0, 0.05) is 0 Å². The van der Waals surface area contributed by atoms with Crippen molar-refractivity contribution in [2.24, 2.45) is 5.92 Å². The van der Waals surface area contributed by atoms with Crippen LogP contribution >= 0.6 is 0 Å². The summed E-state index contributed by atoms with van der Waals surface area (Å²) in [6.07, 6.45) is 2.61. The third-order valence-electron chi connectivity index (χ3n) is 1.65. The molecule has 0 aromatic rings. The van der Waals surface area contributed by atoms with Crippen LogP contribution in [0.3, 0.4) is 0 Å². The fourth-order valence-electron chi connectivity index (χ4n) is 0.866. The molecule has 0 bridgehead atoms. The number of hydrogen-bond acceptors (Lipinski definition) is 1. The van der Waals surface area contributed by atoms with Crippen LogP contribution in [-0.4, -0.2) is 13.6 Å². The monoisotopic (exact) mass is 145 g/mol. The third kappa shape index (κ3) is 7.96. The predicted octanol–water partition coefficient (Wildman–Crippen LogP) is 2.67. The van der Waals surface area contributed by atoms with Gasteiger partial charge >= 0.3 is 0 Å². The Morgan fingerprint density at radius 2 is 1.50 bits per heavy atom. The molecule has 1 heteroatoms. The molecule has 0 aliphatic carbocycles. The van der Waals surface area contributed by atoms with E-state index in [1.165, 1.54) is 19.4 Å². The van der Waals surface area contributed by atoms with Gasteiger partial charge in [-0.1, -0.05) is 40.5 Å². The summed E-state index contributed by atoms with van der Waals surface area (Å²) >= 11 is 0. The molecule has 1 N–H and O–H groups in total. The Bertz CT molecular complexity index is 40.0. The van der Waals surface area contributed by atoms with Crippen molar-refractivity contribution >= 4 is 0 Å². The first kappa shape index (κ1) is 12.6. The van der Waals surface area contributed by atoms with E-state index in [0.29, 0.717) is 0 Å². The maximum Gasteiger partial charge on any atom is -0.00237 e. The largest absolute Gasteiger partial charge is 0.319 e. The van der Waals surface area contributed by atoms with Crippen LogP contribution in [0.5, 0.6) is 0 Å². The lowest BCUT2D eigenvalue weighted by Crippen LogP contribution is -2.17. The average Bonchev–Trinajstić information content (AvgIpc) is 2.04. The number of hydrogen-bond donors (Lipinski definition) is 1. The molecule has 0 unspecified atom stereocenters. The van der Waals surface area contributed by atoms with Crippen LogP contribution in [0.4, 0.5) is 0 Å². The minimum atomic E-state index is 0.889. The first-order chi connectivity index (χ1) is 4.85. The Morgan fingerprint density at radius 3 is 1.60 bits per heavy atom. The van der Waals surface area contributed by atoms with Crippen LogP contribution < -0.4 is 5.32 Å². The van der Waals surface area contributed by atoms with Crippen molar-refractivity contribution in [2.75, 3.05) is 13.6 Å². The zero-order chi connectivity index (χ0) is 8.41. The molecule has 0 heterocycles. The quantitative estimate of drug-likeness (QED) is 0.641. The maximum absolute atomic E-state index is 3.17. The van der Waals surface area contributed by atoms with E-state index in [1.54, 1.807) is 0 Å². The van der Waals surface area contributed by atoms with Gasteiger partial charge in [-0.3, -0.25) is 0 Å². The van der Waals surface area contributed by atoms with Gasteiger partial charge in [0.25, 0.3) is 0 Å². The summed E-state index contributed by atoms with van der Waals surface area (Å²) in [5, 5.41) is 3.17. The molecule has 10 heavy (non-hydrogen) atoms. The first-order valence-electron chi connectivity index (χ1n) is 4.49. The van der Waals surface area contributed by atoms with Gasteiger partial charge in [0.2, 0.25) is 0 Å².